The van der Waals surface area contributed by atoms with E-state index in [9.17, 15) is 0 Å². The van der Waals surface area contributed by atoms with Crippen LogP contribution in [0.2, 0.25) is 5.02 Å². The smallest absolute Gasteiger partial charge is 0.0537 e. The van der Waals surface area contributed by atoms with Crippen molar-refractivity contribution in [2.75, 3.05) is 19.8 Å². The molecule has 0 aromatic heterocycles. The van der Waals surface area contributed by atoms with Crippen molar-refractivity contribution in [2.24, 2.45) is 5.41 Å². The Hall–Kier alpha value is -0.570. The molecule has 1 saturated carbocycles. The van der Waals surface area contributed by atoms with Crippen molar-refractivity contribution in [3.8, 4) is 0 Å². The molecule has 0 bridgehead atoms. The predicted molar refractivity (Wildman–Crippen MR) is 83.4 cm³/mol. The van der Waals surface area contributed by atoms with Crippen molar-refractivity contribution in [3.05, 3.63) is 34.3 Å². The number of benzene rings is 1. The zero-order valence-corrected chi connectivity index (χ0v) is 13.0. The van der Waals surface area contributed by atoms with Crippen LogP contribution < -0.4 is 5.32 Å². The Morgan fingerprint density at radius 2 is 2.25 bits per heavy atom. The molecule has 110 valence electrons. The Morgan fingerprint density at radius 3 is 2.90 bits per heavy atom. The maximum Gasteiger partial charge on any atom is 0.0537 e. The highest BCUT2D eigenvalue weighted by molar-refractivity contribution is 6.31. The summed E-state index contributed by atoms with van der Waals surface area (Å²) in [6.07, 6.45) is 6.09. The number of hydrogen-bond acceptors (Lipinski definition) is 2. The van der Waals surface area contributed by atoms with Crippen molar-refractivity contribution >= 4 is 11.6 Å². The highest BCUT2D eigenvalue weighted by Gasteiger charge is 2.35. The second-order valence-electron chi connectivity index (χ2n) is 6.58. The Labute approximate surface area is 126 Å². The first-order valence-electron chi connectivity index (χ1n) is 7.73. The van der Waals surface area contributed by atoms with Gasteiger partial charge in [0.05, 0.1) is 6.61 Å². The molecule has 1 N–H and O–H groups in total. The van der Waals surface area contributed by atoms with Gasteiger partial charge < -0.3 is 10.1 Å². The second kappa shape index (κ2) is 6.05. The molecule has 2 fully saturated rings. The summed E-state index contributed by atoms with van der Waals surface area (Å²) in [6, 6.07) is 7.17. The van der Waals surface area contributed by atoms with Crippen LogP contribution in [0.1, 0.15) is 36.8 Å². The summed E-state index contributed by atoms with van der Waals surface area (Å²) in [5.41, 5.74) is 2.71. The molecule has 2 aliphatic rings. The van der Waals surface area contributed by atoms with Gasteiger partial charge in [-0.3, -0.25) is 0 Å². The predicted octanol–water partition coefficient (Wildman–Crippen LogP) is 3.74. The standard InChI is InChI=1S/C17H24ClNO/c1-13-3-4-14(16(18)9-13)10-17(7-2-8-20-12-17)11-19-15-5-6-15/h3-4,9,15,19H,2,5-8,10-12H2,1H3. The van der Waals surface area contributed by atoms with E-state index in [2.05, 4.69) is 30.4 Å². The van der Waals surface area contributed by atoms with Crippen molar-refractivity contribution < 1.29 is 4.74 Å². The maximum atomic E-state index is 6.42. The topological polar surface area (TPSA) is 21.3 Å². The molecule has 3 rings (SSSR count). The Kier molecular flexibility index (Phi) is 4.34. The van der Waals surface area contributed by atoms with Gasteiger partial charge in [-0.15, -0.1) is 0 Å². The van der Waals surface area contributed by atoms with Gasteiger partial charge in [0.1, 0.15) is 0 Å². The van der Waals surface area contributed by atoms with Crippen LogP contribution in [-0.4, -0.2) is 25.8 Å². The first-order chi connectivity index (χ1) is 9.67. The van der Waals surface area contributed by atoms with Gasteiger partial charge in [0, 0.05) is 29.6 Å². The summed E-state index contributed by atoms with van der Waals surface area (Å²) >= 11 is 6.42. The van der Waals surface area contributed by atoms with Crippen LogP contribution in [0.25, 0.3) is 0 Å². The molecule has 1 aromatic rings. The van der Waals surface area contributed by atoms with Crippen molar-refractivity contribution in [3.63, 3.8) is 0 Å². The summed E-state index contributed by atoms with van der Waals surface area (Å²) in [7, 11) is 0. The lowest BCUT2D eigenvalue weighted by Gasteiger charge is -2.38. The van der Waals surface area contributed by atoms with Crippen LogP contribution in [0.4, 0.5) is 0 Å². The third-order valence-electron chi connectivity index (χ3n) is 4.52. The van der Waals surface area contributed by atoms with E-state index in [0.29, 0.717) is 0 Å². The van der Waals surface area contributed by atoms with Gasteiger partial charge in [0.15, 0.2) is 0 Å². The zero-order valence-electron chi connectivity index (χ0n) is 12.3. The summed E-state index contributed by atoms with van der Waals surface area (Å²) in [6.45, 7) is 4.91. The van der Waals surface area contributed by atoms with Gasteiger partial charge in [0.25, 0.3) is 0 Å². The van der Waals surface area contributed by atoms with E-state index in [1.807, 2.05) is 0 Å². The minimum atomic E-state index is 0.222. The molecule has 3 heteroatoms. The molecule has 1 aliphatic heterocycles. The van der Waals surface area contributed by atoms with Crippen LogP contribution in [-0.2, 0) is 11.2 Å². The van der Waals surface area contributed by atoms with E-state index < -0.39 is 0 Å². The summed E-state index contributed by atoms with van der Waals surface area (Å²) in [4.78, 5) is 0. The lowest BCUT2D eigenvalue weighted by molar-refractivity contribution is -0.00733. The van der Waals surface area contributed by atoms with Gasteiger partial charge >= 0.3 is 0 Å². The van der Waals surface area contributed by atoms with E-state index in [0.717, 1.165) is 43.7 Å². The monoisotopic (exact) mass is 293 g/mol. The normalized spacial score (nSPS) is 26.7. The fourth-order valence-electron chi connectivity index (χ4n) is 3.10. The average molecular weight is 294 g/mol. The lowest BCUT2D eigenvalue weighted by atomic mass is 9.77. The first-order valence-corrected chi connectivity index (χ1v) is 8.11. The fraction of sp³-hybridized carbons (Fsp3) is 0.647. The minimum Gasteiger partial charge on any atom is -0.381 e. The van der Waals surface area contributed by atoms with Crippen LogP contribution >= 0.6 is 11.6 Å². The molecule has 1 heterocycles. The van der Waals surface area contributed by atoms with Crippen LogP contribution in [0.5, 0.6) is 0 Å². The van der Waals surface area contributed by atoms with Crippen molar-refractivity contribution in [1.82, 2.24) is 5.32 Å². The van der Waals surface area contributed by atoms with E-state index >= 15 is 0 Å². The van der Waals surface area contributed by atoms with E-state index in [1.165, 1.54) is 30.4 Å². The zero-order chi connectivity index (χ0) is 14.0. The van der Waals surface area contributed by atoms with Crippen LogP contribution in [0.15, 0.2) is 18.2 Å². The molecular formula is C17H24ClNO. The first kappa shape index (κ1) is 14.4. The third kappa shape index (κ3) is 3.55. The lowest BCUT2D eigenvalue weighted by Crippen LogP contribution is -2.43. The summed E-state index contributed by atoms with van der Waals surface area (Å²) in [5, 5.41) is 4.60. The Balaban J connectivity index is 1.73. The Bertz CT molecular complexity index is 464. The largest absolute Gasteiger partial charge is 0.381 e. The molecule has 0 spiro atoms. The second-order valence-corrected chi connectivity index (χ2v) is 6.99. The minimum absolute atomic E-state index is 0.222. The summed E-state index contributed by atoms with van der Waals surface area (Å²) < 4.78 is 5.79. The van der Waals surface area contributed by atoms with Gasteiger partial charge in [-0.1, -0.05) is 23.7 Å². The number of ether oxygens (including phenoxy) is 1. The van der Waals surface area contributed by atoms with Gasteiger partial charge in [-0.25, -0.2) is 0 Å². The third-order valence-corrected chi connectivity index (χ3v) is 4.87. The quantitative estimate of drug-likeness (QED) is 0.893. The van der Waals surface area contributed by atoms with E-state index in [-0.39, 0.29) is 5.41 Å². The molecule has 1 aliphatic carbocycles. The maximum absolute atomic E-state index is 6.42. The molecule has 0 radical (unpaired) electrons. The molecule has 1 unspecified atom stereocenters. The van der Waals surface area contributed by atoms with Gasteiger partial charge in [-0.2, -0.15) is 0 Å². The number of aryl methyl sites for hydroxylation is 1. The number of hydrogen-bond donors (Lipinski definition) is 1. The molecule has 1 atom stereocenters. The number of nitrogens with one attached hydrogen (secondary N) is 1. The van der Waals surface area contributed by atoms with Crippen LogP contribution in [0.3, 0.4) is 0 Å². The highest BCUT2D eigenvalue weighted by atomic mass is 35.5. The average Bonchev–Trinajstić information content (AvgIpc) is 3.25. The molecule has 1 saturated heterocycles. The molecular weight excluding hydrogens is 270 g/mol. The number of rotatable bonds is 5. The fourth-order valence-corrected chi connectivity index (χ4v) is 3.40. The molecule has 20 heavy (non-hydrogen) atoms. The Morgan fingerprint density at radius 1 is 1.40 bits per heavy atom. The molecule has 2 nitrogen and oxygen atoms in total. The van der Waals surface area contributed by atoms with E-state index in [1.54, 1.807) is 0 Å². The van der Waals surface area contributed by atoms with Crippen molar-refractivity contribution in [2.45, 2.75) is 45.1 Å². The highest BCUT2D eigenvalue weighted by Crippen LogP contribution is 2.35. The SMILES string of the molecule is Cc1ccc(CC2(CNC3CC3)CCCOC2)c(Cl)c1. The number of halogens is 1. The molecule has 0 amide bonds. The summed E-state index contributed by atoms with van der Waals surface area (Å²) in [5.74, 6) is 0. The van der Waals surface area contributed by atoms with Gasteiger partial charge in [0.2, 0.25) is 0 Å². The molecule has 1 aromatic carbocycles. The van der Waals surface area contributed by atoms with E-state index in [4.69, 9.17) is 16.3 Å². The van der Waals surface area contributed by atoms with Crippen molar-refractivity contribution in [1.29, 1.82) is 0 Å². The van der Waals surface area contributed by atoms with Gasteiger partial charge in [-0.05, 0) is 56.2 Å². The van der Waals surface area contributed by atoms with Crippen LogP contribution in [0, 0.1) is 12.3 Å².